The summed E-state index contributed by atoms with van der Waals surface area (Å²) in [6, 6.07) is 0. The molecule has 3 rings (SSSR count). The van der Waals surface area contributed by atoms with E-state index in [9.17, 15) is 9.90 Å². The number of carbonyl (C=O) groups excluding carboxylic acids is 1. The van der Waals surface area contributed by atoms with E-state index in [2.05, 4.69) is 46.8 Å². The Morgan fingerprint density at radius 3 is 2.61 bits per heavy atom. The highest BCUT2D eigenvalue weighted by Gasteiger charge is 2.67. The third-order valence-electron chi connectivity index (χ3n) is 8.92. The van der Waals surface area contributed by atoms with Gasteiger partial charge in [-0.15, -0.1) is 0 Å². The number of ketones is 1. The first-order chi connectivity index (χ1) is 13.2. The van der Waals surface area contributed by atoms with Crippen molar-refractivity contribution >= 4 is 5.78 Å². The summed E-state index contributed by atoms with van der Waals surface area (Å²) in [5, 5.41) is 11.6. The molecule has 0 aliphatic heterocycles. The predicted molar refractivity (Wildman–Crippen MR) is 111 cm³/mol. The number of allylic oxidation sites excluding steroid dienone is 1. The van der Waals surface area contributed by atoms with Crippen LogP contribution in [-0.2, 0) is 14.3 Å². The Bertz CT molecular complexity index is 616. The summed E-state index contributed by atoms with van der Waals surface area (Å²) < 4.78 is 11.6. The van der Waals surface area contributed by atoms with E-state index in [0.29, 0.717) is 24.5 Å². The highest BCUT2D eigenvalue weighted by molar-refractivity contribution is 5.85. The second-order valence-electron chi connectivity index (χ2n) is 10.3. The minimum atomic E-state index is -0.526. The molecule has 3 saturated carbocycles. The van der Waals surface area contributed by atoms with Crippen LogP contribution in [0.2, 0.25) is 0 Å². The standard InChI is InChI=1S/C24H40O4/c1-7-8-11-22(4)14-19(26)23(5)16(2)9-12-24(13-10-18(25)20(23)24)17(3)21(22)28-15-27-6/h8,11,16-17,19-21,26H,7,9-10,12-15H2,1-6H3/b11-8+/t16-,17+,19-,20?,21+,22-,23+,24?/m1/s1. The third-order valence-corrected chi connectivity index (χ3v) is 8.92. The Labute approximate surface area is 171 Å². The molecule has 3 aliphatic rings. The zero-order chi connectivity index (χ0) is 20.7. The Morgan fingerprint density at radius 2 is 1.96 bits per heavy atom. The number of Topliss-reactive ketones (excluding diaryl/α,β-unsaturated/α-hetero) is 1. The minimum absolute atomic E-state index is 0.0675. The van der Waals surface area contributed by atoms with Crippen molar-refractivity contribution in [3.63, 3.8) is 0 Å². The summed E-state index contributed by atoms with van der Waals surface area (Å²) in [5.74, 6) is 0.857. The van der Waals surface area contributed by atoms with E-state index >= 15 is 0 Å². The van der Waals surface area contributed by atoms with Crippen LogP contribution in [0.25, 0.3) is 0 Å². The van der Waals surface area contributed by atoms with Crippen LogP contribution in [0.5, 0.6) is 0 Å². The third kappa shape index (κ3) is 3.11. The number of aliphatic hydroxyl groups excluding tert-OH is 1. The van der Waals surface area contributed by atoms with Crippen molar-refractivity contribution in [2.45, 2.75) is 85.4 Å². The number of ether oxygens (including phenoxy) is 2. The van der Waals surface area contributed by atoms with E-state index in [1.165, 1.54) is 0 Å². The van der Waals surface area contributed by atoms with Crippen LogP contribution >= 0.6 is 0 Å². The lowest BCUT2D eigenvalue weighted by atomic mass is 9.44. The molecule has 160 valence electrons. The Balaban J connectivity index is 2.16. The van der Waals surface area contributed by atoms with E-state index in [4.69, 9.17) is 9.47 Å². The van der Waals surface area contributed by atoms with Gasteiger partial charge in [-0.2, -0.15) is 0 Å². The van der Waals surface area contributed by atoms with Crippen LogP contribution in [-0.4, -0.2) is 37.0 Å². The number of hydrogen-bond acceptors (Lipinski definition) is 4. The first-order valence-corrected chi connectivity index (χ1v) is 11.2. The largest absolute Gasteiger partial charge is 0.392 e. The molecule has 0 amide bonds. The van der Waals surface area contributed by atoms with E-state index in [1.54, 1.807) is 7.11 Å². The fourth-order valence-corrected chi connectivity index (χ4v) is 7.17. The molecule has 0 aromatic rings. The summed E-state index contributed by atoms with van der Waals surface area (Å²) >= 11 is 0. The van der Waals surface area contributed by atoms with Crippen LogP contribution < -0.4 is 0 Å². The molecule has 0 aromatic carbocycles. The average molecular weight is 393 g/mol. The molecule has 4 heteroatoms. The van der Waals surface area contributed by atoms with E-state index in [-0.39, 0.29) is 41.0 Å². The minimum Gasteiger partial charge on any atom is -0.392 e. The van der Waals surface area contributed by atoms with Crippen molar-refractivity contribution in [1.82, 2.24) is 0 Å². The van der Waals surface area contributed by atoms with Crippen LogP contribution in [0, 0.1) is 34.0 Å². The van der Waals surface area contributed by atoms with Gasteiger partial charge in [-0.05, 0) is 49.4 Å². The van der Waals surface area contributed by atoms with E-state index in [0.717, 1.165) is 25.7 Å². The molecule has 0 radical (unpaired) electrons. The molecule has 0 spiro atoms. The van der Waals surface area contributed by atoms with Crippen molar-refractivity contribution in [3.8, 4) is 0 Å². The summed E-state index contributed by atoms with van der Waals surface area (Å²) in [6.45, 7) is 11.3. The summed E-state index contributed by atoms with van der Waals surface area (Å²) in [6.07, 6.45) is 9.09. The first-order valence-electron chi connectivity index (χ1n) is 11.2. The van der Waals surface area contributed by atoms with Crippen LogP contribution in [0.4, 0.5) is 0 Å². The average Bonchev–Trinajstić information content (AvgIpc) is 3.01. The van der Waals surface area contributed by atoms with Crippen LogP contribution in [0.1, 0.15) is 73.1 Å². The Morgan fingerprint density at radius 1 is 1.25 bits per heavy atom. The van der Waals surface area contributed by atoms with Gasteiger partial charge < -0.3 is 14.6 Å². The van der Waals surface area contributed by atoms with Crippen molar-refractivity contribution in [2.24, 2.45) is 34.0 Å². The SMILES string of the molecule is CC/C=C/[C@]1(C)C[C@@H](O)[C@@]2(C)C3C(=O)CCC3(CC[C@H]2C)[C@@H](C)[C@@H]1OCOC. The van der Waals surface area contributed by atoms with Crippen molar-refractivity contribution in [2.75, 3.05) is 13.9 Å². The molecule has 28 heavy (non-hydrogen) atoms. The smallest absolute Gasteiger partial charge is 0.146 e. The summed E-state index contributed by atoms with van der Waals surface area (Å²) in [7, 11) is 1.65. The van der Waals surface area contributed by atoms with Gasteiger partial charge in [0, 0.05) is 30.3 Å². The van der Waals surface area contributed by atoms with Gasteiger partial charge in [0.2, 0.25) is 0 Å². The molecular formula is C24H40O4. The second kappa shape index (κ2) is 7.85. The van der Waals surface area contributed by atoms with Gasteiger partial charge in [0.25, 0.3) is 0 Å². The highest BCUT2D eigenvalue weighted by Crippen LogP contribution is 2.67. The summed E-state index contributed by atoms with van der Waals surface area (Å²) in [5.41, 5.74) is -0.748. The molecule has 3 aliphatic carbocycles. The molecule has 3 fully saturated rings. The molecule has 0 aromatic heterocycles. The fourth-order valence-electron chi connectivity index (χ4n) is 7.17. The molecule has 4 nitrogen and oxygen atoms in total. The zero-order valence-corrected chi connectivity index (χ0v) is 18.7. The van der Waals surface area contributed by atoms with Crippen LogP contribution in [0.15, 0.2) is 12.2 Å². The maximum Gasteiger partial charge on any atom is 0.146 e. The molecule has 2 unspecified atom stereocenters. The number of hydrogen-bond donors (Lipinski definition) is 1. The zero-order valence-electron chi connectivity index (χ0n) is 18.7. The lowest BCUT2D eigenvalue weighted by Gasteiger charge is -2.62. The number of aliphatic hydroxyl groups is 1. The topological polar surface area (TPSA) is 55.8 Å². The lowest BCUT2D eigenvalue weighted by molar-refractivity contribution is -0.214. The molecular weight excluding hydrogens is 352 g/mol. The number of methoxy groups -OCH3 is 1. The van der Waals surface area contributed by atoms with Crippen molar-refractivity contribution < 1.29 is 19.4 Å². The molecule has 0 heterocycles. The highest BCUT2D eigenvalue weighted by atomic mass is 16.7. The quantitative estimate of drug-likeness (QED) is 0.542. The second-order valence-corrected chi connectivity index (χ2v) is 10.3. The normalized spacial score (nSPS) is 49.1. The van der Waals surface area contributed by atoms with E-state index in [1.807, 2.05) is 0 Å². The van der Waals surface area contributed by atoms with Gasteiger partial charge in [-0.3, -0.25) is 4.79 Å². The van der Waals surface area contributed by atoms with Gasteiger partial charge in [-0.25, -0.2) is 0 Å². The van der Waals surface area contributed by atoms with Gasteiger partial charge in [-0.1, -0.05) is 46.8 Å². The number of carbonyl (C=O) groups is 1. The Hall–Kier alpha value is -0.710. The van der Waals surface area contributed by atoms with Gasteiger partial charge in [0.1, 0.15) is 12.6 Å². The predicted octanol–water partition coefficient (Wildman–Crippen LogP) is 4.75. The fraction of sp³-hybridized carbons (Fsp3) is 0.875. The monoisotopic (exact) mass is 392 g/mol. The van der Waals surface area contributed by atoms with Gasteiger partial charge >= 0.3 is 0 Å². The lowest BCUT2D eigenvalue weighted by Crippen LogP contribution is -2.62. The van der Waals surface area contributed by atoms with Gasteiger partial charge in [0.15, 0.2) is 0 Å². The van der Waals surface area contributed by atoms with Gasteiger partial charge in [0.05, 0.1) is 12.2 Å². The maximum atomic E-state index is 13.2. The van der Waals surface area contributed by atoms with Crippen molar-refractivity contribution in [3.05, 3.63) is 12.2 Å². The Kier molecular flexibility index (Phi) is 6.16. The molecule has 2 bridgehead atoms. The van der Waals surface area contributed by atoms with Crippen molar-refractivity contribution in [1.29, 1.82) is 0 Å². The maximum absolute atomic E-state index is 13.2. The molecule has 0 saturated heterocycles. The van der Waals surface area contributed by atoms with E-state index < -0.39 is 6.10 Å². The summed E-state index contributed by atoms with van der Waals surface area (Å²) in [4.78, 5) is 13.2. The number of rotatable bonds is 5. The first kappa shape index (κ1) is 22.0. The molecule has 1 N–H and O–H groups in total. The molecule has 8 atom stereocenters. The van der Waals surface area contributed by atoms with Crippen LogP contribution in [0.3, 0.4) is 0 Å².